The number of benzene rings is 1. The Hall–Kier alpha value is -1.64. The van der Waals surface area contributed by atoms with E-state index >= 15 is 0 Å². The number of hydrogen-bond acceptors (Lipinski definition) is 4. The van der Waals surface area contributed by atoms with Gasteiger partial charge in [-0.05, 0) is 37.0 Å². The van der Waals surface area contributed by atoms with E-state index in [2.05, 4.69) is 0 Å². The fraction of sp³-hybridized carbons (Fsp3) is 0.588. The smallest absolute Gasteiger partial charge is 0.407 e. The first-order valence-electron chi connectivity index (χ1n) is 8.57. The van der Waals surface area contributed by atoms with Crippen LogP contribution in [-0.4, -0.2) is 67.2 Å². The van der Waals surface area contributed by atoms with Crippen molar-refractivity contribution in [2.24, 2.45) is 0 Å². The average molecular weight is 368 g/mol. The van der Waals surface area contributed by atoms with Gasteiger partial charge < -0.3 is 14.7 Å². The van der Waals surface area contributed by atoms with E-state index in [0.29, 0.717) is 44.0 Å². The SMILES string of the molecule is CCc1cccc(S(=O)(=O)N2CCOC3(CCN(C(=O)O)CC3)C2)c1. The molecule has 1 spiro atoms. The molecule has 2 aliphatic rings. The van der Waals surface area contributed by atoms with E-state index < -0.39 is 21.7 Å². The predicted molar refractivity (Wildman–Crippen MR) is 92.1 cm³/mol. The minimum Gasteiger partial charge on any atom is -0.465 e. The second-order valence-corrected chi connectivity index (χ2v) is 8.58. The fourth-order valence-electron chi connectivity index (χ4n) is 3.50. The lowest BCUT2D eigenvalue weighted by Gasteiger charge is -2.46. The fourth-order valence-corrected chi connectivity index (χ4v) is 5.07. The summed E-state index contributed by atoms with van der Waals surface area (Å²) in [6, 6.07) is 7.04. The van der Waals surface area contributed by atoms with Gasteiger partial charge in [0.25, 0.3) is 0 Å². The summed E-state index contributed by atoms with van der Waals surface area (Å²) in [5, 5.41) is 9.08. The highest BCUT2D eigenvalue weighted by atomic mass is 32.2. The first-order valence-corrected chi connectivity index (χ1v) is 10.0. The first kappa shape index (κ1) is 18.2. The number of hydrogen-bond donors (Lipinski definition) is 1. The van der Waals surface area contributed by atoms with E-state index in [9.17, 15) is 13.2 Å². The highest BCUT2D eigenvalue weighted by Gasteiger charge is 2.43. The molecule has 2 saturated heterocycles. The molecule has 0 aromatic heterocycles. The van der Waals surface area contributed by atoms with Crippen LogP contribution in [0.2, 0.25) is 0 Å². The summed E-state index contributed by atoms with van der Waals surface area (Å²) in [6.45, 7) is 3.66. The summed E-state index contributed by atoms with van der Waals surface area (Å²) in [5.41, 5.74) is 0.401. The molecule has 0 aliphatic carbocycles. The van der Waals surface area contributed by atoms with Crippen molar-refractivity contribution in [3.8, 4) is 0 Å². The third-order valence-corrected chi connectivity index (χ3v) is 6.94. The summed E-state index contributed by atoms with van der Waals surface area (Å²) < 4.78 is 33.4. The number of sulfonamides is 1. The highest BCUT2D eigenvalue weighted by Crippen LogP contribution is 2.32. The van der Waals surface area contributed by atoms with Crippen LogP contribution in [0.1, 0.15) is 25.3 Å². The molecule has 2 heterocycles. The van der Waals surface area contributed by atoms with Crippen LogP contribution in [0.5, 0.6) is 0 Å². The minimum absolute atomic E-state index is 0.277. The third kappa shape index (κ3) is 3.65. The zero-order valence-electron chi connectivity index (χ0n) is 14.3. The van der Waals surface area contributed by atoms with Crippen LogP contribution in [-0.2, 0) is 21.2 Å². The van der Waals surface area contributed by atoms with Crippen LogP contribution >= 0.6 is 0 Å². The van der Waals surface area contributed by atoms with Crippen molar-refractivity contribution in [3.63, 3.8) is 0 Å². The number of likely N-dealkylation sites (tertiary alicyclic amines) is 1. The molecule has 0 saturated carbocycles. The molecule has 0 bridgehead atoms. The van der Waals surface area contributed by atoms with Crippen molar-refractivity contribution in [2.45, 2.75) is 36.7 Å². The summed E-state index contributed by atoms with van der Waals surface area (Å²) in [6.07, 6.45) is 0.869. The maximum Gasteiger partial charge on any atom is 0.407 e. The molecule has 0 atom stereocenters. The Morgan fingerprint density at radius 2 is 2.00 bits per heavy atom. The van der Waals surface area contributed by atoms with E-state index in [0.717, 1.165) is 12.0 Å². The van der Waals surface area contributed by atoms with Crippen LogP contribution in [0.4, 0.5) is 4.79 Å². The van der Waals surface area contributed by atoms with Crippen molar-refractivity contribution in [3.05, 3.63) is 29.8 Å². The van der Waals surface area contributed by atoms with Crippen molar-refractivity contribution < 1.29 is 23.1 Å². The number of ether oxygens (including phenoxy) is 1. The molecule has 8 heteroatoms. The molecule has 7 nitrogen and oxygen atoms in total. The Labute approximate surface area is 148 Å². The molecule has 138 valence electrons. The molecule has 2 fully saturated rings. The highest BCUT2D eigenvalue weighted by molar-refractivity contribution is 7.89. The van der Waals surface area contributed by atoms with Crippen molar-refractivity contribution in [1.29, 1.82) is 0 Å². The summed E-state index contributed by atoms with van der Waals surface area (Å²) in [4.78, 5) is 12.7. The molecule has 1 N–H and O–H groups in total. The van der Waals surface area contributed by atoms with Gasteiger partial charge in [-0.2, -0.15) is 4.31 Å². The van der Waals surface area contributed by atoms with Gasteiger partial charge in [-0.15, -0.1) is 0 Å². The van der Waals surface area contributed by atoms with Gasteiger partial charge in [0.05, 0.1) is 17.1 Å². The molecule has 0 radical (unpaired) electrons. The molecule has 0 unspecified atom stereocenters. The standard InChI is InChI=1S/C17H24N2O5S/c1-2-14-4-3-5-15(12-14)25(22,23)19-10-11-24-17(13-19)6-8-18(9-7-17)16(20)21/h3-5,12H,2,6-11,13H2,1H3,(H,20,21). The quantitative estimate of drug-likeness (QED) is 0.879. The lowest BCUT2D eigenvalue weighted by atomic mass is 9.90. The van der Waals surface area contributed by atoms with Crippen LogP contribution in [0, 0.1) is 0 Å². The molecule has 25 heavy (non-hydrogen) atoms. The Morgan fingerprint density at radius 1 is 1.28 bits per heavy atom. The lowest BCUT2D eigenvalue weighted by molar-refractivity contribution is -0.116. The van der Waals surface area contributed by atoms with E-state index in [1.54, 1.807) is 18.2 Å². The number of rotatable bonds is 3. The molecule has 3 rings (SSSR count). The molecule has 2 aliphatic heterocycles. The predicted octanol–water partition coefficient (Wildman–Crippen LogP) is 1.78. The Balaban J connectivity index is 1.78. The summed E-state index contributed by atoms with van der Waals surface area (Å²) in [5.74, 6) is 0. The van der Waals surface area contributed by atoms with Gasteiger partial charge in [0.15, 0.2) is 0 Å². The van der Waals surface area contributed by atoms with Gasteiger partial charge >= 0.3 is 6.09 Å². The van der Waals surface area contributed by atoms with Crippen molar-refractivity contribution in [1.82, 2.24) is 9.21 Å². The van der Waals surface area contributed by atoms with Gasteiger partial charge in [0, 0.05) is 26.2 Å². The average Bonchev–Trinajstić information content (AvgIpc) is 2.62. The van der Waals surface area contributed by atoms with E-state index in [1.807, 2.05) is 13.0 Å². The van der Waals surface area contributed by atoms with Crippen LogP contribution in [0.3, 0.4) is 0 Å². The summed E-state index contributed by atoms with van der Waals surface area (Å²) >= 11 is 0. The Kier molecular flexibility index (Phi) is 5.04. The van der Waals surface area contributed by atoms with Crippen LogP contribution in [0.25, 0.3) is 0 Å². The van der Waals surface area contributed by atoms with Gasteiger partial charge in [0.2, 0.25) is 10.0 Å². The lowest BCUT2D eigenvalue weighted by Crippen LogP contribution is -2.58. The van der Waals surface area contributed by atoms with Gasteiger partial charge in [-0.25, -0.2) is 13.2 Å². The maximum absolute atomic E-state index is 13.0. The molecule has 1 aromatic rings. The molecular formula is C17H24N2O5S. The second-order valence-electron chi connectivity index (χ2n) is 6.64. The van der Waals surface area contributed by atoms with Crippen molar-refractivity contribution >= 4 is 16.1 Å². The molecule has 1 aromatic carbocycles. The van der Waals surface area contributed by atoms with E-state index in [-0.39, 0.29) is 6.54 Å². The molecular weight excluding hydrogens is 344 g/mol. The maximum atomic E-state index is 13.0. The van der Waals surface area contributed by atoms with E-state index in [4.69, 9.17) is 9.84 Å². The Bertz CT molecular complexity index is 741. The number of aryl methyl sites for hydroxylation is 1. The van der Waals surface area contributed by atoms with Crippen LogP contribution in [0.15, 0.2) is 29.2 Å². The minimum atomic E-state index is -3.58. The molecule has 1 amide bonds. The first-order chi connectivity index (χ1) is 11.9. The zero-order valence-corrected chi connectivity index (χ0v) is 15.2. The van der Waals surface area contributed by atoms with Gasteiger partial charge in [-0.1, -0.05) is 19.1 Å². The van der Waals surface area contributed by atoms with Gasteiger partial charge in [0.1, 0.15) is 0 Å². The number of carbonyl (C=O) groups is 1. The van der Waals surface area contributed by atoms with Gasteiger partial charge in [-0.3, -0.25) is 0 Å². The Morgan fingerprint density at radius 3 is 2.64 bits per heavy atom. The number of piperidine rings is 1. The zero-order chi connectivity index (χ0) is 18.1. The number of carboxylic acid groups (broad SMARTS) is 1. The third-order valence-electron chi connectivity index (χ3n) is 5.10. The normalized spacial score (nSPS) is 21.4. The van der Waals surface area contributed by atoms with Crippen molar-refractivity contribution in [2.75, 3.05) is 32.8 Å². The number of amides is 1. The van der Waals surface area contributed by atoms with E-state index in [1.165, 1.54) is 9.21 Å². The summed E-state index contributed by atoms with van der Waals surface area (Å²) in [7, 11) is -3.58. The number of nitrogens with zero attached hydrogens (tertiary/aromatic N) is 2. The topological polar surface area (TPSA) is 87.2 Å². The number of morpholine rings is 1. The second kappa shape index (κ2) is 6.93. The monoisotopic (exact) mass is 368 g/mol. The van der Waals surface area contributed by atoms with Crippen LogP contribution < -0.4 is 0 Å². The largest absolute Gasteiger partial charge is 0.465 e.